The van der Waals surface area contributed by atoms with Gasteiger partial charge in [-0.25, -0.2) is 4.79 Å². The number of rotatable bonds is 4. The monoisotopic (exact) mass is 245 g/mol. The Bertz CT molecular complexity index is 396. The predicted octanol–water partition coefficient (Wildman–Crippen LogP) is 0.600. The van der Waals surface area contributed by atoms with Crippen molar-refractivity contribution in [3.8, 4) is 0 Å². The molecule has 1 rings (SSSR count). The van der Waals surface area contributed by atoms with E-state index in [0.717, 1.165) is 0 Å². The smallest absolute Gasteiger partial charge is 0.337 e. The number of halogens is 1. The zero-order valence-electron chi connectivity index (χ0n) is 8.30. The third kappa shape index (κ3) is 2.44. The zero-order valence-corrected chi connectivity index (χ0v) is 9.05. The minimum Gasteiger partial charge on any atom is -0.478 e. The summed E-state index contributed by atoms with van der Waals surface area (Å²) in [6, 6.07) is 4.21. The maximum Gasteiger partial charge on any atom is 0.337 e. The maximum absolute atomic E-state index is 10.8. The first-order valence-electron chi connectivity index (χ1n) is 4.52. The van der Waals surface area contributed by atoms with E-state index in [1.807, 2.05) is 0 Å². The molecule has 0 saturated heterocycles. The van der Waals surface area contributed by atoms with Gasteiger partial charge in [0.15, 0.2) is 0 Å². The van der Waals surface area contributed by atoms with Crippen molar-refractivity contribution in [1.82, 2.24) is 0 Å². The molecule has 0 aliphatic heterocycles. The molecular weight excluding hydrogens is 234 g/mol. The second-order valence-electron chi connectivity index (χ2n) is 3.28. The van der Waals surface area contributed by atoms with Gasteiger partial charge in [0.25, 0.3) is 0 Å². The molecule has 0 aliphatic carbocycles. The number of carboxylic acid groups (broad SMARTS) is 1. The van der Waals surface area contributed by atoms with Gasteiger partial charge in [-0.1, -0.05) is 12.1 Å². The van der Waals surface area contributed by atoms with Gasteiger partial charge in [-0.05, 0) is 6.07 Å². The van der Waals surface area contributed by atoms with Gasteiger partial charge >= 0.3 is 5.97 Å². The van der Waals surface area contributed by atoms with Gasteiger partial charge in [0.05, 0.1) is 23.2 Å². The van der Waals surface area contributed by atoms with Crippen LogP contribution in [0.25, 0.3) is 0 Å². The quantitative estimate of drug-likeness (QED) is 0.459. The zero-order chi connectivity index (χ0) is 12.3. The van der Waals surface area contributed by atoms with Crippen molar-refractivity contribution in [2.24, 2.45) is 0 Å². The highest BCUT2D eigenvalue weighted by atomic mass is 35.5. The van der Waals surface area contributed by atoms with Crippen LogP contribution in [-0.4, -0.2) is 33.3 Å². The van der Waals surface area contributed by atoms with Gasteiger partial charge in [-0.3, -0.25) is 0 Å². The van der Waals surface area contributed by atoms with Crippen LogP contribution < -0.4 is 5.73 Å². The largest absolute Gasteiger partial charge is 0.478 e. The molecule has 2 unspecified atom stereocenters. The van der Waals surface area contributed by atoms with Crippen LogP contribution in [0.2, 0.25) is 0 Å². The Hall–Kier alpha value is -1.30. The Morgan fingerprint density at radius 1 is 1.44 bits per heavy atom. The lowest BCUT2D eigenvalue weighted by Gasteiger charge is -2.18. The number of nitrogen functional groups attached to an aromatic ring is 1. The van der Waals surface area contributed by atoms with Crippen molar-refractivity contribution in [3.63, 3.8) is 0 Å². The highest BCUT2D eigenvalue weighted by Crippen LogP contribution is 2.26. The molecule has 6 heteroatoms. The highest BCUT2D eigenvalue weighted by Gasteiger charge is 2.22. The normalized spacial score (nSPS) is 14.4. The Morgan fingerprint density at radius 2 is 2.06 bits per heavy atom. The van der Waals surface area contributed by atoms with Crippen LogP contribution in [0, 0.1) is 0 Å². The molecule has 0 spiro atoms. The molecule has 0 radical (unpaired) electrons. The van der Waals surface area contributed by atoms with Crippen LogP contribution in [0.3, 0.4) is 0 Å². The third-order valence-electron chi connectivity index (χ3n) is 2.21. The minimum absolute atomic E-state index is 0.0633. The number of para-hydroxylation sites is 1. The molecule has 1 aromatic rings. The number of nitrogens with two attached hydrogens (primary N) is 1. The summed E-state index contributed by atoms with van der Waals surface area (Å²) in [5.74, 6) is -1.36. The number of alkyl halides is 1. The SMILES string of the molecule is Nc1c(C(=O)O)cccc1C(O)C(O)CCl. The molecule has 0 fully saturated rings. The van der Waals surface area contributed by atoms with Gasteiger partial charge in [-0.15, -0.1) is 11.6 Å². The number of aromatic carboxylic acids is 1. The summed E-state index contributed by atoms with van der Waals surface area (Å²) in [7, 11) is 0. The Labute approximate surface area is 97.1 Å². The van der Waals surface area contributed by atoms with Crippen molar-refractivity contribution < 1.29 is 20.1 Å². The number of aliphatic hydroxyl groups excluding tert-OH is 2. The van der Waals surface area contributed by atoms with Crippen LogP contribution >= 0.6 is 11.6 Å². The van der Waals surface area contributed by atoms with E-state index in [1.165, 1.54) is 18.2 Å². The van der Waals surface area contributed by atoms with Crippen molar-refractivity contribution >= 4 is 23.3 Å². The molecule has 0 aromatic heterocycles. The van der Waals surface area contributed by atoms with Crippen LogP contribution in [-0.2, 0) is 0 Å². The number of carbonyl (C=O) groups is 1. The van der Waals surface area contributed by atoms with E-state index in [0.29, 0.717) is 0 Å². The maximum atomic E-state index is 10.8. The number of anilines is 1. The standard InChI is InChI=1S/C10H12ClNO4/c11-4-7(13)9(14)5-2-1-3-6(8(5)12)10(15)16/h1-3,7,9,13-14H,4,12H2,(H,15,16). The van der Waals surface area contributed by atoms with Crippen LogP contribution in [0.4, 0.5) is 5.69 Å². The average molecular weight is 246 g/mol. The lowest BCUT2D eigenvalue weighted by molar-refractivity contribution is 0.0331. The van der Waals surface area contributed by atoms with E-state index in [4.69, 9.17) is 22.4 Å². The second kappa shape index (κ2) is 5.16. The molecule has 5 nitrogen and oxygen atoms in total. The Morgan fingerprint density at radius 3 is 2.56 bits per heavy atom. The van der Waals surface area contributed by atoms with Gasteiger partial charge in [0, 0.05) is 5.56 Å². The topological polar surface area (TPSA) is 104 Å². The van der Waals surface area contributed by atoms with Crippen LogP contribution in [0.15, 0.2) is 18.2 Å². The summed E-state index contributed by atoms with van der Waals surface area (Å²) in [6.07, 6.45) is -2.48. The third-order valence-corrected chi connectivity index (χ3v) is 2.53. The molecule has 2 atom stereocenters. The van der Waals surface area contributed by atoms with E-state index in [2.05, 4.69) is 0 Å². The lowest BCUT2D eigenvalue weighted by atomic mass is 10.00. The fraction of sp³-hybridized carbons (Fsp3) is 0.300. The highest BCUT2D eigenvalue weighted by molar-refractivity contribution is 6.18. The van der Waals surface area contributed by atoms with Crippen LogP contribution in [0.5, 0.6) is 0 Å². The summed E-state index contributed by atoms with van der Waals surface area (Å²) < 4.78 is 0. The van der Waals surface area contributed by atoms with Crippen molar-refractivity contribution in [2.75, 3.05) is 11.6 Å². The lowest BCUT2D eigenvalue weighted by Crippen LogP contribution is -2.21. The number of aliphatic hydroxyl groups is 2. The fourth-order valence-electron chi connectivity index (χ4n) is 1.32. The van der Waals surface area contributed by atoms with Gasteiger partial charge in [0.1, 0.15) is 6.10 Å². The van der Waals surface area contributed by atoms with E-state index in [9.17, 15) is 15.0 Å². The molecule has 0 aliphatic rings. The average Bonchev–Trinajstić information content (AvgIpc) is 2.27. The molecule has 5 N–H and O–H groups in total. The van der Waals surface area contributed by atoms with E-state index >= 15 is 0 Å². The van der Waals surface area contributed by atoms with Crippen molar-refractivity contribution in [3.05, 3.63) is 29.3 Å². The van der Waals surface area contributed by atoms with Crippen molar-refractivity contribution in [2.45, 2.75) is 12.2 Å². The Balaban J connectivity index is 3.15. The van der Waals surface area contributed by atoms with E-state index in [1.54, 1.807) is 0 Å². The summed E-state index contributed by atoms with van der Waals surface area (Å²) in [5, 5.41) is 27.8. The first-order chi connectivity index (χ1) is 7.49. The molecule has 0 saturated carbocycles. The number of hydrogen-bond acceptors (Lipinski definition) is 4. The van der Waals surface area contributed by atoms with Crippen LogP contribution in [0.1, 0.15) is 22.0 Å². The molecule has 0 amide bonds. The Kier molecular flexibility index (Phi) is 4.12. The predicted molar refractivity (Wildman–Crippen MR) is 59.5 cm³/mol. The fourth-order valence-corrected chi connectivity index (χ4v) is 1.49. The van der Waals surface area contributed by atoms with Gasteiger partial charge in [0.2, 0.25) is 0 Å². The number of benzene rings is 1. The van der Waals surface area contributed by atoms with E-state index in [-0.39, 0.29) is 22.7 Å². The minimum atomic E-state index is -1.29. The first-order valence-corrected chi connectivity index (χ1v) is 5.06. The summed E-state index contributed by atoms with van der Waals surface area (Å²) >= 11 is 5.38. The molecule has 1 aromatic carbocycles. The van der Waals surface area contributed by atoms with Crippen molar-refractivity contribution in [1.29, 1.82) is 0 Å². The van der Waals surface area contributed by atoms with E-state index < -0.39 is 18.2 Å². The second-order valence-corrected chi connectivity index (χ2v) is 3.59. The summed E-state index contributed by atoms with van der Waals surface area (Å²) in [4.78, 5) is 10.8. The molecular formula is C10H12ClNO4. The molecule has 0 heterocycles. The molecule has 88 valence electrons. The van der Waals surface area contributed by atoms with Gasteiger partial charge < -0.3 is 21.1 Å². The summed E-state index contributed by atoms with van der Waals surface area (Å²) in [5.41, 5.74) is 5.57. The number of hydrogen-bond donors (Lipinski definition) is 4. The van der Waals surface area contributed by atoms with Gasteiger partial charge in [-0.2, -0.15) is 0 Å². The first kappa shape index (κ1) is 12.8. The summed E-state index contributed by atoms with van der Waals surface area (Å²) in [6.45, 7) is 0. The molecule has 16 heavy (non-hydrogen) atoms. The molecule has 0 bridgehead atoms. The number of carboxylic acids is 1.